The zero-order valence-electron chi connectivity index (χ0n) is 34.5. The van der Waals surface area contributed by atoms with Gasteiger partial charge in [0.05, 0.1) is 0 Å². The van der Waals surface area contributed by atoms with Gasteiger partial charge in [0, 0.05) is 6.61 Å². The monoisotopic (exact) mass is 711 g/mol. The van der Waals surface area contributed by atoms with Gasteiger partial charge in [-0.2, -0.15) is 0 Å². The van der Waals surface area contributed by atoms with Crippen LogP contribution >= 0.6 is 0 Å². The number of unbranched alkanes of at least 4 members (excludes halogenated alkanes) is 38. The minimum Gasteiger partial charge on any atom is -0.479 e. The van der Waals surface area contributed by atoms with Gasteiger partial charge in [-0.3, -0.25) is 0 Å². The van der Waals surface area contributed by atoms with Crippen LogP contribution in [0.1, 0.15) is 277 Å². The Morgan fingerprint density at radius 1 is 0.340 bits per heavy atom. The van der Waals surface area contributed by atoms with Crippen LogP contribution < -0.4 is 0 Å². The molecule has 0 aromatic carbocycles. The van der Waals surface area contributed by atoms with Gasteiger partial charge in [0.2, 0.25) is 0 Å². The second kappa shape index (κ2) is 48.4. The Morgan fingerprint density at radius 2 is 0.520 bits per heavy atom. The van der Waals surface area contributed by atoms with Crippen molar-refractivity contribution in [2.24, 2.45) is 0 Å². The first-order chi connectivity index (χ1) is 24.6. The van der Waals surface area contributed by atoms with Crippen molar-refractivity contribution in [1.29, 1.82) is 0 Å². The van der Waals surface area contributed by atoms with E-state index in [-0.39, 0.29) is 0 Å². The molecule has 0 saturated heterocycles. The second-order valence-electron chi connectivity index (χ2n) is 15.8. The summed E-state index contributed by atoms with van der Waals surface area (Å²) in [6, 6.07) is 0. The fraction of sp³-hybridized carbons (Fsp3) is 0.978. The van der Waals surface area contributed by atoms with Gasteiger partial charge in [-0.15, -0.1) is 0 Å². The summed E-state index contributed by atoms with van der Waals surface area (Å²) in [6.07, 6.45) is 54.3. The van der Waals surface area contributed by atoms with Crippen LogP contribution in [0.25, 0.3) is 0 Å². The Balaban J connectivity index is 0. The minimum absolute atomic E-state index is 0.374. The maximum Gasteiger partial charge on any atom is 0.332 e. The van der Waals surface area contributed by atoms with Crippen molar-refractivity contribution < 1.29 is 20.1 Å². The molecule has 0 spiro atoms. The topological polar surface area (TPSA) is 77.8 Å². The summed E-state index contributed by atoms with van der Waals surface area (Å²) in [6.45, 7) is 4.93. The number of aliphatic hydroxyl groups is 2. The molecule has 0 bridgehead atoms. The van der Waals surface area contributed by atoms with Gasteiger partial charge < -0.3 is 15.3 Å². The molecule has 0 aromatic rings. The zero-order chi connectivity index (χ0) is 36.9. The average molecular weight is 711 g/mol. The molecule has 0 fully saturated rings. The molecule has 0 rings (SSSR count). The SMILES string of the molecule is CCCCCCCCCCCCCCCCC(O)C(=O)O.CCCCCCCCCCCCCCCCCCCCCCCCCCCCO. The van der Waals surface area contributed by atoms with E-state index in [2.05, 4.69) is 13.8 Å². The Labute approximate surface area is 315 Å². The maximum absolute atomic E-state index is 10.4. The van der Waals surface area contributed by atoms with E-state index >= 15 is 0 Å². The Bertz CT molecular complexity index is 569. The second-order valence-corrected chi connectivity index (χ2v) is 15.8. The smallest absolute Gasteiger partial charge is 0.332 e. The number of aliphatic hydroxyl groups excluding tert-OH is 2. The van der Waals surface area contributed by atoms with E-state index in [1.807, 2.05) is 0 Å². The first-order valence-corrected chi connectivity index (χ1v) is 23.1. The normalized spacial score (nSPS) is 11.8. The van der Waals surface area contributed by atoms with Gasteiger partial charge in [0.15, 0.2) is 6.10 Å². The van der Waals surface area contributed by atoms with Crippen molar-refractivity contribution in [2.75, 3.05) is 6.61 Å². The predicted molar refractivity (Wildman–Crippen MR) is 221 cm³/mol. The van der Waals surface area contributed by atoms with Gasteiger partial charge >= 0.3 is 5.97 Å². The average Bonchev–Trinajstić information content (AvgIpc) is 3.12. The molecular weight excluding hydrogens is 617 g/mol. The van der Waals surface area contributed by atoms with E-state index in [0.29, 0.717) is 13.0 Å². The van der Waals surface area contributed by atoms with Crippen LogP contribution in [0.2, 0.25) is 0 Å². The molecule has 0 saturated carbocycles. The molecule has 302 valence electrons. The van der Waals surface area contributed by atoms with Crippen molar-refractivity contribution in [3.63, 3.8) is 0 Å². The summed E-state index contributed by atoms with van der Waals surface area (Å²) in [5, 5.41) is 26.4. The van der Waals surface area contributed by atoms with E-state index in [4.69, 9.17) is 15.3 Å². The molecule has 50 heavy (non-hydrogen) atoms. The molecule has 4 nitrogen and oxygen atoms in total. The number of carbonyl (C=O) groups is 1. The molecule has 0 aliphatic rings. The molecule has 0 radical (unpaired) electrons. The number of carboxylic acid groups (broad SMARTS) is 1. The highest BCUT2D eigenvalue weighted by molar-refractivity contribution is 5.71. The molecule has 4 heteroatoms. The summed E-state index contributed by atoms with van der Waals surface area (Å²) >= 11 is 0. The van der Waals surface area contributed by atoms with Crippen LogP contribution in [0.5, 0.6) is 0 Å². The number of hydrogen-bond acceptors (Lipinski definition) is 3. The van der Waals surface area contributed by atoms with E-state index in [1.165, 1.54) is 238 Å². The first-order valence-electron chi connectivity index (χ1n) is 23.1. The summed E-state index contributed by atoms with van der Waals surface area (Å²) in [7, 11) is 0. The standard InChI is InChI=1S/C28H58O.C18H36O3/c1-2-3-4-5-6-7-8-9-10-11-12-13-14-15-16-17-18-19-20-21-22-23-24-25-26-27-28-29;1-2-3-4-5-6-7-8-9-10-11-12-13-14-15-16-17(19)18(20)21/h29H,2-28H2,1H3;17,19H,2-16H2,1H3,(H,20,21). The summed E-state index contributed by atoms with van der Waals surface area (Å²) < 4.78 is 0. The van der Waals surface area contributed by atoms with E-state index in [9.17, 15) is 4.79 Å². The zero-order valence-corrected chi connectivity index (χ0v) is 34.5. The Kier molecular flexibility index (Phi) is 49.8. The lowest BCUT2D eigenvalue weighted by molar-refractivity contribution is -0.146. The Morgan fingerprint density at radius 3 is 0.700 bits per heavy atom. The predicted octanol–water partition coefficient (Wildman–Crippen LogP) is 15.4. The number of rotatable bonds is 42. The fourth-order valence-corrected chi connectivity index (χ4v) is 7.08. The van der Waals surface area contributed by atoms with Crippen LogP contribution in [0, 0.1) is 0 Å². The van der Waals surface area contributed by atoms with Crippen molar-refractivity contribution in [3.05, 3.63) is 0 Å². The fourth-order valence-electron chi connectivity index (χ4n) is 7.08. The molecule has 1 atom stereocenters. The van der Waals surface area contributed by atoms with E-state index in [0.717, 1.165) is 19.3 Å². The highest BCUT2D eigenvalue weighted by Crippen LogP contribution is 2.17. The molecule has 0 amide bonds. The molecule has 1 unspecified atom stereocenters. The lowest BCUT2D eigenvalue weighted by atomic mass is 10.0. The lowest BCUT2D eigenvalue weighted by Crippen LogP contribution is -2.18. The number of carboxylic acids is 1. The number of hydrogen-bond donors (Lipinski definition) is 3. The van der Waals surface area contributed by atoms with Crippen molar-refractivity contribution in [2.45, 2.75) is 283 Å². The van der Waals surface area contributed by atoms with Crippen LogP contribution in [-0.4, -0.2) is 34.0 Å². The summed E-state index contributed by atoms with van der Waals surface area (Å²) in [5.74, 6) is -1.09. The minimum atomic E-state index is -1.16. The van der Waals surface area contributed by atoms with Crippen LogP contribution in [0.15, 0.2) is 0 Å². The van der Waals surface area contributed by atoms with Crippen LogP contribution in [0.4, 0.5) is 0 Å². The maximum atomic E-state index is 10.4. The Hall–Kier alpha value is -0.610. The van der Waals surface area contributed by atoms with Gasteiger partial charge in [-0.25, -0.2) is 4.79 Å². The third kappa shape index (κ3) is 49.5. The van der Waals surface area contributed by atoms with Gasteiger partial charge in [-0.1, -0.05) is 264 Å². The highest BCUT2D eigenvalue weighted by atomic mass is 16.4. The van der Waals surface area contributed by atoms with E-state index in [1.54, 1.807) is 0 Å². The molecule has 0 aliphatic carbocycles. The van der Waals surface area contributed by atoms with Crippen molar-refractivity contribution in [1.82, 2.24) is 0 Å². The summed E-state index contributed by atoms with van der Waals surface area (Å²) in [5.41, 5.74) is 0. The largest absolute Gasteiger partial charge is 0.479 e. The van der Waals surface area contributed by atoms with Gasteiger partial charge in [-0.05, 0) is 12.8 Å². The first kappa shape index (κ1) is 51.5. The van der Waals surface area contributed by atoms with Gasteiger partial charge in [0.1, 0.15) is 0 Å². The third-order valence-corrected chi connectivity index (χ3v) is 10.6. The van der Waals surface area contributed by atoms with E-state index < -0.39 is 12.1 Å². The molecular formula is C46H94O4. The van der Waals surface area contributed by atoms with Crippen LogP contribution in [-0.2, 0) is 4.79 Å². The van der Waals surface area contributed by atoms with Crippen molar-refractivity contribution >= 4 is 5.97 Å². The third-order valence-electron chi connectivity index (χ3n) is 10.6. The molecule has 3 N–H and O–H groups in total. The molecule has 0 heterocycles. The number of aliphatic carboxylic acids is 1. The lowest BCUT2D eigenvalue weighted by Gasteiger charge is -2.05. The van der Waals surface area contributed by atoms with Crippen molar-refractivity contribution in [3.8, 4) is 0 Å². The van der Waals surface area contributed by atoms with Crippen LogP contribution in [0.3, 0.4) is 0 Å². The van der Waals surface area contributed by atoms with Gasteiger partial charge in [0.25, 0.3) is 0 Å². The highest BCUT2D eigenvalue weighted by Gasteiger charge is 2.11. The quantitative estimate of drug-likeness (QED) is 0.0551. The molecule has 0 aliphatic heterocycles. The summed E-state index contributed by atoms with van der Waals surface area (Å²) in [4.78, 5) is 10.4. The molecule has 0 aromatic heterocycles.